The fourth-order valence-corrected chi connectivity index (χ4v) is 4.22. The van der Waals surface area contributed by atoms with E-state index in [1.807, 2.05) is 23.1 Å². The second kappa shape index (κ2) is 9.79. The number of anilines is 1. The molecule has 1 fully saturated rings. The fraction of sp³-hybridized carbons (Fsp3) is 0.391. The first-order chi connectivity index (χ1) is 14.0. The molecule has 2 amide bonds. The minimum atomic E-state index is -0.193. The van der Waals surface area contributed by atoms with Gasteiger partial charge in [-0.2, -0.15) is 0 Å². The summed E-state index contributed by atoms with van der Waals surface area (Å²) in [5.41, 5.74) is 1.78. The van der Waals surface area contributed by atoms with Crippen molar-refractivity contribution in [2.24, 2.45) is 0 Å². The second-order valence-electron chi connectivity index (χ2n) is 7.54. The number of methoxy groups -OCH3 is 1. The van der Waals surface area contributed by atoms with E-state index in [4.69, 9.17) is 16.3 Å². The van der Waals surface area contributed by atoms with Gasteiger partial charge in [-0.1, -0.05) is 41.9 Å². The number of ether oxygens (including phenoxy) is 1. The number of likely N-dealkylation sites (tertiary alicyclic amines) is 1. The summed E-state index contributed by atoms with van der Waals surface area (Å²) in [6, 6.07) is 17.3. The van der Waals surface area contributed by atoms with Gasteiger partial charge in [0.05, 0.1) is 7.11 Å². The first-order valence-corrected chi connectivity index (χ1v) is 10.3. The number of piperidine rings is 1. The molecule has 1 N–H and O–H groups in total. The number of halogens is 1. The number of amides is 2. The van der Waals surface area contributed by atoms with E-state index in [-0.39, 0.29) is 17.4 Å². The van der Waals surface area contributed by atoms with E-state index in [0.717, 1.165) is 31.4 Å². The van der Waals surface area contributed by atoms with E-state index in [1.165, 1.54) is 12.7 Å². The summed E-state index contributed by atoms with van der Waals surface area (Å²) in [4.78, 5) is 26.4. The third-order valence-electron chi connectivity index (χ3n) is 5.61. The summed E-state index contributed by atoms with van der Waals surface area (Å²) in [6.45, 7) is 1.34. The molecule has 3 rings (SSSR count). The highest BCUT2D eigenvalue weighted by molar-refractivity contribution is 6.30. The largest absolute Gasteiger partial charge is 0.469 e. The van der Waals surface area contributed by atoms with Crippen LogP contribution in [0.15, 0.2) is 54.6 Å². The van der Waals surface area contributed by atoms with Crippen LogP contribution in [0.4, 0.5) is 10.5 Å². The molecule has 2 aromatic carbocycles. The van der Waals surface area contributed by atoms with Crippen LogP contribution < -0.4 is 5.32 Å². The standard InChI is InChI=1S/C23H27ClN2O3/c1-29-21(27)9-5-14-23(18-7-3-2-4-8-18)15-6-16-26(17-23)22(28)25-20-12-10-19(24)11-13-20/h2-4,7-8,10-13H,5-6,9,14-17H2,1H3,(H,25,28). The van der Waals surface area contributed by atoms with E-state index in [9.17, 15) is 9.59 Å². The molecule has 1 aliphatic rings. The number of carbonyl (C=O) groups excluding carboxylic acids is 2. The van der Waals surface area contributed by atoms with Crippen molar-refractivity contribution >= 4 is 29.3 Å². The van der Waals surface area contributed by atoms with Crippen LogP contribution in [-0.2, 0) is 14.9 Å². The molecule has 0 saturated carbocycles. The Balaban J connectivity index is 1.74. The number of nitrogens with one attached hydrogen (secondary N) is 1. The minimum Gasteiger partial charge on any atom is -0.469 e. The summed E-state index contributed by atoms with van der Waals surface area (Å²) < 4.78 is 4.79. The minimum absolute atomic E-state index is 0.111. The van der Waals surface area contributed by atoms with Crippen molar-refractivity contribution in [3.05, 3.63) is 65.2 Å². The highest BCUT2D eigenvalue weighted by atomic mass is 35.5. The molecule has 1 atom stereocenters. The van der Waals surface area contributed by atoms with Crippen molar-refractivity contribution in [2.75, 3.05) is 25.5 Å². The van der Waals surface area contributed by atoms with E-state index >= 15 is 0 Å². The van der Waals surface area contributed by atoms with Gasteiger partial charge in [-0.3, -0.25) is 4.79 Å². The molecular formula is C23H27ClN2O3. The zero-order chi connectivity index (χ0) is 20.7. The fourth-order valence-electron chi connectivity index (χ4n) is 4.09. The van der Waals surface area contributed by atoms with Gasteiger partial charge in [-0.05, 0) is 55.5 Å². The normalized spacial score (nSPS) is 18.9. The molecule has 0 aromatic heterocycles. The van der Waals surface area contributed by atoms with Crippen LogP contribution in [0.25, 0.3) is 0 Å². The summed E-state index contributed by atoms with van der Waals surface area (Å²) >= 11 is 5.93. The lowest BCUT2D eigenvalue weighted by Crippen LogP contribution is -2.50. The van der Waals surface area contributed by atoms with Crippen molar-refractivity contribution in [1.82, 2.24) is 4.90 Å². The molecule has 154 valence electrons. The Morgan fingerprint density at radius 2 is 1.86 bits per heavy atom. The first-order valence-electron chi connectivity index (χ1n) is 9.96. The van der Waals surface area contributed by atoms with Crippen LogP contribution in [0.1, 0.15) is 37.7 Å². The molecule has 5 nitrogen and oxygen atoms in total. The van der Waals surface area contributed by atoms with Crippen molar-refractivity contribution in [1.29, 1.82) is 0 Å². The van der Waals surface area contributed by atoms with Crippen molar-refractivity contribution < 1.29 is 14.3 Å². The zero-order valence-electron chi connectivity index (χ0n) is 16.7. The van der Waals surface area contributed by atoms with Crippen molar-refractivity contribution in [2.45, 2.75) is 37.5 Å². The van der Waals surface area contributed by atoms with Gasteiger partial charge in [0.25, 0.3) is 0 Å². The molecule has 0 bridgehead atoms. The lowest BCUT2D eigenvalue weighted by molar-refractivity contribution is -0.140. The topological polar surface area (TPSA) is 58.6 Å². The average Bonchev–Trinajstić information content (AvgIpc) is 2.76. The number of nitrogens with zero attached hydrogens (tertiary/aromatic N) is 1. The molecule has 1 saturated heterocycles. The number of esters is 1. The summed E-state index contributed by atoms with van der Waals surface area (Å²) in [7, 11) is 1.42. The smallest absolute Gasteiger partial charge is 0.321 e. The second-order valence-corrected chi connectivity index (χ2v) is 7.97. The Morgan fingerprint density at radius 3 is 2.55 bits per heavy atom. The summed E-state index contributed by atoms with van der Waals surface area (Å²) in [5.74, 6) is -0.193. The lowest BCUT2D eigenvalue weighted by atomic mass is 9.71. The number of urea groups is 1. The highest BCUT2D eigenvalue weighted by Crippen LogP contribution is 2.39. The Hall–Kier alpha value is -2.53. The van der Waals surface area contributed by atoms with Crippen molar-refractivity contribution in [3.63, 3.8) is 0 Å². The maximum Gasteiger partial charge on any atom is 0.321 e. The predicted molar refractivity (Wildman–Crippen MR) is 115 cm³/mol. The third kappa shape index (κ3) is 5.51. The van der Waals surface area contributed by atoms with Gasteiger partial charge < -0.3 is 15.0 Å². The lowest BCUT2D eigenvalue weighted by Gasteiger charge is -2.43. The SMILES string of the molecule is COC(=O)CCCC1(c2ccccc2)CCCN(C(=O)Nc2ccc(Cl)cc2)C1. The van der Waals surface area contributed by atoms with Crippen LogP contribution in [0.2, 0.25) is 5.02 Å². The number of benzene rings is 2. The van der Waals surface area contributed by atoms with Gasteiger partial charge in [0.1, 0.15) is 0 Å². The van der Waals surface area contributed by atoms with Gasteiger partial charge in [-0.25, -0.2) is 4.79 Å². The first kappa shape index (κ1) is 21.2. The molecule has 1 heterocycles. The Bertz CT molecular complexity index is 826. The third-order valence-corrected chi connectivity index (χ3v) is 5.86. The van der Waals surface area contributed by atoms with E-state index in [1.54, 1.807) is 24.3 Å². The number of hydrogen-bond acceptors (Lipinski definition) is 3. The molecular weight excluding hydrogens is 388 g/mol. The van der Waals surface area contributed by atoms with E-state index in [0.29, 0.717) is 24.5 Å². The maximum absolute atomic E-state index is 12.9. The van der Waals surface area contributed by atoms with Gasteiger partial charge in [0.2, 0.25) is 0 Å². The predicted octanol–water partition coefficient (Wildman–Crippen LogP) is 5.25. The molecule has 0 radical (unpaired) electrons. The number of carbonyl (C=O) groups is 2. The summed E-state index contributed by atoms with van der Waals surface area (Å²) in [6.07, 6.45) is 3.86. The molecule has 0 aliphatic carbocycles. The Kier molecular flexibility index (Phi) is 7.15. The van der Waals surface area contributed by atoms with Gasteiger partial charge in [0, 0.05) is 35.6 Å². The molecule has 6 heteroatoms. The Morgan fingerprint density at radius 1 is 1.14 bits per heavy atom. The Labute approximate surface area is 177 Å². The molecule has 29 heavy (non-hydrogen) atoms. The van der Waals surface area contributed by atoms with Crippen LogP contribution in [0.3, 0.4) is 0 Å². The van der Waals surface area contributed by atoms with Crippen LogP contribution in [0, 0.1) is 0 Å². The maximum atomic E-state index is 12.9. The van der Waals surface area contributed by atoms with Crippen molar-refractivity contribution in [3.8, 4) is 0 Å². The monoisotopic (exact) mass is 414 g/mol. The van der Waals surface area contributed by atoms with Crippen LogP contribution in [0.5, 0.6) is 0 Å². The highest BCUT2D eigenvalue weighted by Gasteiger charge is 2.38. The molecule has 1 aliphatic heterocycles. The van der Waals surface area contributed by atoms with Gasteiger partial charge in [-0.15, -0.1) is 0 Å². The van der Waals surface area contributed by atoms with E-state index < -0.39 is 0 Å². The number of hydrogen-bond donors (Lipinski definition) is 1. The quantitative estimate of drug-likeness (QED) is 0.657. The average molecular weight is 415 g/mol. The van der Waals surface area contributed by atoms with Crippen LogP contribution >= 0.6 is 11.6 Å². The van der Waals surface area contributed by atoms with E-state index in [2.05, 4.69) is 17.4 Å². The zero-order valence-corrected chi connectivity index (χ0v) is 17.5. The van der Waals surface area contributed by atoms with Crippen LogP contribution in [-0.4, -0.2) is 37.1 Å². The van der Waals surface area contributed by atoms with Gasteiger partial charge in [0.15, 0.2) is 0 Å². The summed E-state index contributed by atoms with van der Waals surface area (Å²) in [5, 5.41) is 3.60. The van der Waals surface area contributed by atoms with Gasteiger partial charge >= 0.3 is 12.0 Å². The molecule has 2 aromatic rings. The molecule has 0 spiro atoms. The number of rotatable bonds is 6. The molecule has 1 unspecified atom stereocenters.